The number of carbonyl (C=O) groups excluding carboxylic acids is 3. The van der Waals surface area contributed by atoms with Crippen LogP contribution < -0.4 is 30.7 Å². The molecule has 19 atom stereocenters. The van der Waals surface area contributed by atoms with Gasteiger partial charge in [0.25, 0.3) is 0 Å². The number of hydrogen-bond acceptors (Lipinski definition) is 33. The molecule has 2 aliphatic carbocycles. The van der Waals surface area contributed by atoms with E-state index < -0.39 is 133 Å². The predicted octanol–water partition coefficient (Wildman–Crippen LogP) is 3.88. The van der Waals surface area contributed by atoms with Crippen LogP contribution in [0.15, 0.2) is 35.1 Å². The Kier molecular flexibility index (Phi) is 39.1. The van der Waals surface area contributed by atoms with Gasteiger partial charge in [-0.25, -0.2) is 4.79 Å². The molecule has 4 heterocycles. The second-order valence-corrected chi connectivity index (χ2v) is 32.3. The number of carbonyl (C=O) groups is 3. The SMILES string of the molecule is CCN(CCCOCCOCCOCCOCCOCCOCCN)[C@H]1CO[C@@H](O[C@H]2[C@H](O[C@H]3C#C/C=C\C#C[C@]4(O)CC(=O)C(NC(=O)OC)=C3/C4=C\CSSC(C)(C)C)O[C@H](C)[C@@H](NO[C@H]3C[C@H](O)[C@H](SC(=O)c4c(C)c(I)c(O[C@@H]5O[C@@H](C)[C@H](O)[C@@H](OC)[C@H]5O)c(OC)c4OC)[C@@H](C)O3)[C@@H]2O)C[C@@H]1OC. The lowest BCUT2D eigenvalue weighted by molar-refractivity contribution is -0.337. The van der Waals surface area contributed by atoms with Crippen LogP contribution in [0.2, 0.25) is 0 Å². The highest BCUT2D eigenvalue weighted by atomic mass is 127. The van der Waals surface area contributed by atoms with Crippen LogP contribution in [0.5, 0.6) is 17.2 Å². The van der Waals surface area contributed by atoms with Crippen molar-refractivity contribution < 1.29 is 130 Å². The van der Waals surface area contributed by atoms with E-state index >= 15 is 0 Å². The van der Waals surface area contributed by atoms with Crippen molar-refractivity contribution in [3.8, 4) is 40.9 Å². The molecular weight excluding hydrogens is 1590 g/mol. The Hall–Kier alpha value is -3.57. The van der Waals surface area contributed by atoms with Gasteiger partial charge in [-0.2, -0.15) is 5.48 Å². The maximum atomic E-state index is 14.6. The fourth-order valence-electron chi connectivity index (χ4n) is 12.7. The number of Topliss-reactive ketones (excluding diaryl/α,β-unsaturated/α-hetero) is 1. The molecule has 1 aromatic rings. The lowest BCUT2D eigenvalue weighted by Crippen LogP contribution is -2.65. The van der Waals surface area contributed by atoms with Crippen LogP contribution >= 0.6 is 55.9 Å². The van der Waals surface area contributed by atoms with Gasteiger partial charge < -0.3 is 117 Å². The van der Waals surface area contributed by atoms with E-state index in [9.17, 15) is 39.9 Å². The van der Waals surface area contributed by atoms with Gasteiger partial charge >= 0.3 is 6.09 Å². The molecule has 2 bridgehead atoms. The minimum Gasteiger partial charge on any atom is -0.492 e. The summed E-state index contributed by atoms with van der Waals surface area (Å²) in [7, 11) is 9.91. The van der Waals surface area contributed by atoms with Gasteiger partial charge in [0.15, 0.2) is 41.8 Å². The first-order chi connectivity index (χ1) is 51.8. The van der Waals surface area contributed by atoms with Crippen molar-refractivity contribution in [2.24, 2.45) is 5.73 Å². The zero-order valence-electron chi connectivity index (χ0n) is 63.8. The summed E-state index contributed by atoms with van der Waals surface area (Å²) in [5.41, 5.74) is 6.64. The lowest BCUT2D eigenvalue weighted by atomic mass is 9.75. The number of hydroxylamine groups is 1. The number of halogens is 1. The fraction of sp³-hybridized carbons (Fsp3) is 0.740. The summed E-state index contributed by atoms with van der Waals surface area (Å²) in [6, 6.07) is -1.37. The fourth-order valence-corrected chi connectivity index (χ4v) is 16.6. The third-order valence-corrected chi connectivity index (χ3v) is 24.1. The lowest BCUT2D eigenvalue weighted by Gasteiger charge is -2.47. The van der Waals surface area contributed by atoms with E-state index in [4.69, 9.17) is 95.8 Å². The van der Waals surface area contributed by atoms with E-state index in [2.05, 4.69) is 60.1 Å². The van der Waals surface area contributed by atoms with Crippen molar-refractivity contribution in [3.05, 3.63) is 49.8 Å². The van der Waals surface area contributed by atoms with Gasteiger partial charge in [0.1, 0.15) is 36.6 Å². The highest BCUT2D eigenvalue weighted by molar-refractivity contribution is 14.1. The first kappa shape index (κ1) is 91.6. The van der Waals surface area contributed by atoms with Gasteiger partial charge in [0.2, 0.25) is 17.2 Å². The Labute approximate surface area is 659 Å². The summed E-state index contributed by atoms with van der Waals surface area (Å²) in [4.78, 5) is 50.6. The number of ketones is 1. The van der Waals surface area contributed by atoms with Crippen LogP contribution in [0.4, 0.5) is 4.79 Å². The molecule has 4 aliphatic heterocycles. The molecule has 610 valence electrons. The molecule has 0 spiro atoms. The molecule has 108 heavy (non-hydrogen) atoms. The number of allylic oxidation sites excluding steroid dienone is 3. The molecule has 0 radical (unpaired) electrons. The standard InChI is InChI=1S/C73H111IN4O27S3/c1-14-78(24-19-25-92-27-29-94-31-33-96-35-36-97-34-32-95-30-28-93-26-23-75)47-41-98-52(39-51(47)87-9)103-65-60(82)57(43(3)100-70(65)102-50-20-17-15-16-18-22-73(86)40-49(80)58(76-71(85)91-13)55(50)46(73)21-37-106-108-72(6,7)8)77-105-53-38-48(79)67(45(5)99-53)107-68(84)54-42(2)56(74)63(66(90-12)62(54)88-10)104-69-61(83)64(89-11)59(81)44(4)101-69/h15-16,21,43-45,47-48,50-53,57,59-61,64-65,67,69-70,77,79,81-83,86H,14,19,23-41,75H2,1-13H3,(H,76,85)/b16-15-,46-21+/t43-,44+,45-,47+,48+,50+,51+,52+,53+,57-,59+,60+,61-,64-,65-,67-,69+,70+,73+/m1/s1. The van der Waals surface area contributed by atoms with Crippen LogP contribution in [-0.4, -0.2) is 314 Å². The zero-order valence-corrected chi connectivity index (χ0v) is 68.4. The molecule has 0 unspecified atom stereocenters. The third-order valence-electron chi connectivity index (χ3n) is 18.2. The van der Waals surface area contributed by atoms with E-state index in [1.165, 1.54) is 44.3 Å². The highest BCUT2D eigenvalue weighted by Gasteiger charge is 2.52. The number of nitrogens with one attached hydrogen (secondary N) is 2. The number of hydrogen-bond donors (Lipinski definition) is 8. The molecule has 7 rings (SSSR count). The van der Waals surface area contributed by atoms with Crippen LogP contribution in [0, 0.1) is 34.2 Å². The van der Waals surface area contributed by atoms with Crippen molar-refractivity contribution >= 4 is 72.9 Å². The minimum atomic E-state index is -2.10. The van der Waals surface area contributed by atoms with Crippen molar-refractivity contribution in [2.75, 3.05) is 147 Å². The molecule has 31 nitrogen and oxygen atoms in total. The second-order valence-electron chi connectivity index (χ2n) is 26.9. The van der Waals surface area contributed by atoms with Crippen molar-refractivity contribution in [1.82, 2.24) is 15.7 Å². The van der Waals surface area contributed by atoms with Crippen molar-refractivity contribution in [3.63, 3.8) is 0 Å². The number of amides is 1. The summed E-state index contributed by atoms with van der Waals surface area (Å²) in [5, 5.41) is 60.3. The van der Waals surface area contributed by atoms with Gasteiger partial charge in [-0.1, -0.05) is 90.8 Å². The Morgan fingerprint density at radius 1 is 0.769 bits per heavy atom. The molecule has 1 amide bonds. The summed E-state index contributed by atoms with van der Waals surface area (Å²) < 4.78 is 107. The van der Waals surface area contributed by atoms with Crippen LogP contribution in [0.25, 0.3) is 0 Å². The Morgan fingerprint density at radius 3 is 1.99 bits per heavy atom. The number of likely N-dealkylation sites (N-methyl/N-ethyl adjacent to an activating group) is 1. The average Bonchev–Trinajstić information content (AvgIpc) is 0.745. The zero-order chi connectivity index (χ0) is 78.7. The van der Waals surface area contributed by atoms with Crippen molar-refractivity contribution in [1.29, 1.82) is 0 Å². The third kappa shape index (κ3) is 26.0. The van der Waals surface area contributed by atoms with Gasteiger partial charge in [-0.15, -0.1) is 0 Å². The van der Waals surface area contributed by atoms with E-state index in [1.54, 1.807) is 51.7 Å². The molecule has 6 aliphatic rings. The normalized spacial score (nSPS) is 30.8. The Bertz CT molecular complexity index is 3230. The molecule has 0 saturated carbocycles. The Balaban J connectivity index is 1.05. The maximum Gasteiger partial charge on any atom is 0.411 e. The molecule has 4 saturated heterocycles. The number of thioether (sulfide) groups is 1. The van der Waals surface area contributed by atoms with E-state index in [-0.39, 0.29) is 69.9 Å². The number of aliphatic hydroxyl groups is 5. The topological polar surface area (TPSA) is 381 Å². The van der Waals surface area contributed by atoms with Gasteiger partial charge in [-0.05, 0) is 81.0 Å². The predicted molar refractivity (Wildman–Crippen MR) is 408 cm³/mol. The Morgan fingerprint density at radius 2 is 1.40 bits per heavy atom. The number of nitrogens with two attached hydrogens (primary N) is 1. The number of aliphatic hydroxyl groups excluding tert-OH is 4. The van der Waals surface area contributed by atoms with Crippen molar-refractivity contribution in [2.45, 2.75) is 201 Å². The second kappa shape index (κ2) is 46.1. The summed E-state index contributed by atoms with van der Waals surface area (Å²) in [6.07, 6.45) is -13.7. The smallest absolute Gasteiger partial charge is 0.411 e. The van der Waals surface area contributed by atoms with Gasteiger partial charge in [0, 0.05) is 68.4 Å². The summed E-state index contributed by atoms with van der Waals surface area (Å²) in [6.45, 7) is 22.2. The number of rotatable bonds is 42. The number of benzene rings is 1. The molecule has 35 heteroatoms. The molecule has 1 aromatic carbocycles. The van der Waals surface area contributed by atoms with Gasteiger partial charge in [0.05, 0.1) is 170 Å². The number of ether oxygens (including phenoxy) is 18. The average molecular weight is 1700 g/mol. The largest absolute Gasteiger partial charge is 0.492 e. The molecule has 4 fully saturated rings. The summed E-state index contributed by atoms with van der Waals surface area (Å²) >= 11 is 2.82. The molecule has 0 aromatic heterocycles. The first-order valence-electron chi connectivity index (χ1n) is 36.1. The van der Waals surface area contributed by atoms with Gasteiger partial charge in [-0.3, -0.25) is 24.6 Å². The summed E-state index contributed by atoms with van der Waals surface area (Å²) in [5.74, 6) is 11.4. The number of methoxy groups -OCH3 is 5. The van der Waals surface area contributed by atoms with E-state index in [0.717, 1.165) is 18.9 Å². The maximum absolute atomic E-state index is 14.6. The molecular formula is C73H111IN4O27S3. The number of alkyl carbamates (subject to hydrolysis) is 1. The number of fused-ring (bicyclic) bond motifs is 2. The van der Waals surface area contributed by atoms with Crippen LogP contribution in [0.3, 0.4) is 0 Å². The highest BCUT2D eigenvalue weighted by Crippen LogP contribution is 2.49. The van der Waals surface area contributed by atoms with E-state index in [1.807, 2.05) is 29.5 Å². The first-order valence-corrected chi connectivity index (χ1v) is 40.4. The van der Waals surface area contributed by atoms with Crippen LogP contribution in [-0.2, 0) is 80.7 Å². The quantitative estimate of drug-likeness (QED) is 0.0151. The number of nitrogens with zero attached hydrogens (tertiary/aromatic N) is 1. The molecule has 9 N–H and O–H groups in total. The monoisotopic (exact) mass is 1700 g/mol. The van der Waals surface area contributed by atoms with E-state index in [0.29, 0.717) is 120 Å². The minimum absolute atomic E-state index is 0.0169. The van der Waals surface area contributed by atoms with Crippen LogP contribution in [0.1, 0.15) is 90.1 Å².